The maximum atomic E-state index is 12.6. The zero-order chi connectivity index (χ0) is 16.5. The number of carbonyl (C=O) groups is 3. The van der Waals surface area contributed by atoms with Crippen LogP contribution in [0.5, 0.6) is 0 Å². The van der Waals surface area contributed by atoms with E-state index in [0.717, 1.165) is 23.4 Å². The highest BCUT2D eigenvalue weighted by Gasteiger charge is 2.72. The van der Waals surface area contributed by atoms with Crippen molar-refractivity contribution in [1.82, 2.24) is 10.2 Å². The van der Waals surface area contributed by atoms with E-state index in [2.05, 4.69) is 5.32 Å². The molecule has 122 valence electrons. The molecule has 1 saturated heterocycles. The number of ketones is 1. The van der Waals surface area contributed by atoms with E-state index in [1.807, 2.05) is 6.92 Å². The van der Waals surface area contributed by atoms with E-state index in [4.69, 9.17) is 4.74 Å². The monoisotopic (exact) mass is 316 g/mol. The van der Waals surface area contributed by atoms with Crippen molar-refractivity contribution in [3.05, 3.63) is 23.0 Å². The summed E-state index contributed by atoms with van der Waals surface area (Å²) in [7, 11) is 1.38. The minimum absolute atomic E-state index is 0.00589. The predicted molar refractivity (Wildman–Crippen MR) is 80.8 cm³/mol. The van der Waals surface area contributed by atoms with Gasteiger partial charge in [-0.1, -0.05) is 0 Å². The van der Waals surface area contributed by atoms with Crippen molar-refractivity contribution in [3.8, 4) is 0 Å². The fourth-order valence-electron chi connectivity index (χ4n) is 4.89. The molecule has 4 aliphatic rings. The lowest BCUT2D eigenvalue weighted by Gasteiger charge is -2.36. The van der Waals surface area contributed by atoms with Crippen molar-refractivity contribution in [3.63, 3.8) is 0 Å². The molecule has 4 atom stereocenters. The molecule has 1 saturated carbocycles. The summed E-state index contributed by atoms with van der Waals surface area (Å²) < 4.78 is 4.82. The van der Waals surface area contributed by atoms with Gasteiger partial charge in [-0.2, -0.15) is 0 Å². The van der Waals surface area contributed by atoms with Gasteiger partial charge < -0.3 is 15.0 Å². The highest BCUT2D eigenvalue weighted by molar-refractivity contribution is 5.99. The first-order chi connectivity index (χ1) is 10.9. The number of nitrogens with one attached hydrogen (secondary N) is 1. The van der Waals surface area contributed by atoms with Crippen LogP contribution in [0.1, 0.15) is 26.7 Å². The first kappa shape index (κ1) is 14.5. The molecule has 1 amide bonds. The van der Waals surface area contributed by atoms with Crippen LogP contribution in [0, 0.1) is 17.3 Å². The zero-order valence-corrected chi connectivity index (χ0v) is 13.5. The lowest BCUT2D eigenvalue weighted by atomic mass is 9.71. The third kappa shape index (κ3) is 1.72. The molecule has 2 heterocycles. The zero-order valence-electron chi connectivity index (χ0n) is 13.5. The fraction of sp³-hybridized carbons (Fsp3) is 0.588. The van der Waals surface area contributed by atoms with Crippen molar-refractivity contribution >= 4 is 17.7 Å². The highest BCUT2D eigenvalue weighted by Crippen LogP contribution is 2.72. The standard InChI is InChI=1S/C17H20N2O4/c1-8-11(4-14(22)23-3)15-16(18-8)12(21)5-13-17(15)6-10(17)7-19(13)9(2)20/h5,10,15-16,18H,4,6-7H2,1-3H3/t10-,15?,16?,17+/m1/s1. The van der Waals surface area contributed by atoms with E-state index in [-0.39, 0.29) is 41.5 Å². The van der Waals surface area contributed by atoms with Crippen LogP contribution in [0.2, 0.25) is 0 Å². The summed E-state index contributed by atoms with van der Waals surface area (Å²) in [4.78, 5) is 38.0. The van der Waals surface area contributed by atoms with Gasteiger partial charge in [0.1, 0.15) is 0 Å². The smallest absolute Gasteiger partial charge is 0.309 e. The molecule has 2 aliphatic carbocycles. The molecule has 0 aromatic carbocycles. The van der Waals surface area contributed by atoms with Crippen molar-refractivity contribution < 1.29 is 19.1 Å². The molecule has 6 nitrogen and oxygen atoms in total. The summed E-state index contributed by atoms with van der Waals surface area (Å²) in [6.45, 7) is 4.14. The van der Waals surface area contributed by atoms with Crippen LogP contribution in [0.4, 0.5) is 0 Å². The van der Waals surface area contributed by atoms with E-state index in [0.29, 0.717) is 12.5 Å². The second kappa shape index (κ2) is 4.46. The van der Waals surface area contributed by atoms with Gasteiger partial charge in [-0.3, -0.25) is 14.4 Å². The van der Waals surface area contributed by atoms with E-state index < -0.39 is 0 Å². The predicted octanol–water partition coefficient (Wildman–Crippen LogP) is 0.746. The molecule has 23 heavy (non-hydrogen) atoms. The summed E-state index contributed by atoms with van der Waals surface area (Å²) in [5.41, 5.74) is 2.57. The first-order valence-corrected chi connectivity index (χ1v) is 7.97. The molecule has 2 unspecified atom stereocenters. The average molecular weight is 316 g/mol. The van der Waals surface area contributed by atoms with Gasteiger partial charge >= 0.3 is 5.97 Å². The highest BCUT2D eigenvalue weighted by atomic mass is 16.5. The van der Waals surface area contributed by atoms with Gasteiger partial charge in [-0.05, 0) is 24.8 Å². The Morgan fingerprint density at radius 1 is 1.48 bits per heavy atom. The SMILES string of the molecule is COC(=O)CC1=C(C)NC2C(=O)C=C3N(C(C)=O)C[C@H]4C[C@@]34C12. The number of allylic oxidation sites excluding steroid dienone is 2. The number of hydrogen-bond acceptors (Lipinski definition) is 5. The molecule has 0 radical (unpaired) electrons. The van der Waals surface area contributed by atoms with Crippen LogP contribution in [0.15, 0.2) is 23.0 Å². The molecular weight excluding hydrogens is 296 g/mol. The van der Waals surface area contributed by atoms with Crippen molar-refractivity contribution in [1.29, 1.82) is 0 Å². The Bertz CT molecular complexity index is 707. The molecule has 4 rings (SSSR count). The van der Waals surface area contributed by atoms with E-state index in [1.54, 1.807) is 17.9 Å². The number of hydrogen-bond donors (Lipinski definition) is 1. The Hall–Kier alpha value is -2.11. The van der Waals surface area contributed by atoms with Gasteiger partial charge in [-0.25, -0.2) is 0 Å². The summed E-state index contributed by atoms with van der Waals surface area (Å²) in [5.74, 6) is 0.0336. The van der Waals surface area contributed by atoms with Gasteiger partial charge in [-0.15, -0.1) is 0 Å². The van der Waals surface area contributed by atoms with Crippen LogP contribution in [-0.4, -0.2) is 42.3 Å². The van der Waals surface area contributed by atoms with Crippen LogP contribution in [0.3, 0.4) is 0 Å². The Labute approximate surface area is 134 Å². The number of carbonyl (C=O) groups excluding carboxylic acids is 3. The molecule has 1 N–H and O–H groups in total. The van der Waals surface area contributed by atoms with Crippen LogP contribution < -0.4 is 5.32 Å². The van der Waals surface area contributed by atoms with Gasteiger partial charge in [0, 0.05) is 42.3 Å². The maximum absolute atomic E-state index is 12.6. The molecule has 6 heteroatoms. The Morgan fingerprint density at radius 3 is 2.87 bits per heavy atom. The van der Waals surface area contributed by atoms with Gasteiger partial charge in [0.25, 0.3) is 0 Å². The normalized spacial score (nSPS) is 36.8. The largest absolute Gasteiger partial charge is 0.469 e. The van der Waals surface area contributed by atoms with E-state index in [1.165, 1.54) is 7.11 Å². The number of amides is 1. The maximum Gasteiger partial charge on any atom is 0.309 e. The molecule has 2 fully saturated rings. The summed E-state index contributed by atoms with van der Waals surface area (Å²) >= 11 is 0. The molecule has 1 spiro atoms. The summed E-state index contributed by atoms with van der Waals surface area (Å²) in [6, 6.07) is -0.310. The van der Waals surface area contributed by atoms with E-state index >= 15 is 0 Å². The lowest BCUT2D eigenvalue weighted by Crippen LogP contribution is -2.46. The Balaban J connectivity index is 1.77. The van der Waals surface area contributed by atoms with Crippen molar-refractivity contribution in [2.24, 2.45) is 17.3 Å². The average Bonchev–Trinajstić information content (AvgIpc) is 2.97. The number of piperidine rings is 1. The van der Waals surface area contributed by atoms with E-state index in [9.17, 15) is 14.4 Å². The molecule has 0 aromatic rings. The minimum atomic E-state index is -0.310. The topological polar surface area (TPSA) is 75.7 Å². The number of fused-ring (bicyclic) bond motifs is 1. The number of esters is 1. The van der Waals surface area contributed by atoms with Gasteiger partial charge in [0.15, 0.2) is 5.78 Å². The second-order valence-electron chi connectivity index (χ2n) is 7.01. The molecular formula is C17H20N2O4. The molecule has 0 bridgehead atoms. The lowest BCUT2D eigenvalue weighted by molar-refractivity contribution is -0.140. The second-order valence-corrected chi connectivity index (χ2v) is 7.01. The number of ether oxygens (including phenoxy) is 1. The quantitative estimate of drug-likeness (QED) is 0.761. The third-order valence-electron chi connectivity index (χ3n) is 5.97. The van der Waals surface area contributed by atoms with Crippen LogP contribution >= 0.6 is 0 Å². The summed E-state index contributed by atoms with van der Waals surface area (Å²) in [6.07, 6.45) is 2.83. The number of rotatable bonds is 2. The number of nitrogens with zero attached hydrogens (tertiary/aromatic N) is 1. The van der Waals surface area contributed by atoms with Gasteiger partial charge in [0.2, 0.25) is 5.91 Å². The first-order valence-electron chi connectivity index (χ1n) is 7.97. The molecule has 0 aromatic heterocycles. The Morgan fingerprint density at radius 2 is 2.22 bits per heavy atom. The third-order valence-corrected chi connectivity index (χ3v) is 5.97. The number of methoxy groups -OCH3 is 1. The fourth-order valence-corrected chi connectivity index (χ4v) is 4.89. The van der Waals surface area contributed by atoms with Crippen LogP contribution in [0.25, 0.3) is 0 Å². The molecule has 2 aliphatic heterocycles. The van der Waals surface area contributed by atoms with Gasteiger partial charge in [0.05, 0.1) is 19.6 Å². The van der Waals surface area contributed by atoms with Crippen molar-refractivity contribution in [2.45, 2.75) is 32.7 Å². The van der Waals surface area contributed by atoms with Crippen LogP contribution in [-0.2, 0) is 19.1 Å². The number of likely N-dealkylation sites (tertiary alicyclic amines) is 1. The van der Waals surface area contributed by atoms with Crippen molar-refractivity contribution in [2.75, 3.05) is 13.7 Å². The minimum Gasteiger partial charge on any atom is -0.469 e. The Kier molecular flexibility index (Phi) is 2.81. The summed E-state index contributed by atoms with van der Waals surface area (Å²) in [5, 5.41) is 3.27.